The minimum Gasteiger partial charge on any atom is -0.494 e. The van der Waals surface area contributed by atoms with Gasteiger partial charge in [-0.25, -0.2) is 0 Å². The maximum Gasteiger partial charge on any atom is 0.226 e. The Morgan fingerprint density at radius 1 is 1.35 bits per heavy atom. The summed E-state index contributed by atoms with van der Waals surface area (Å²) in [4.78, 5) is 14.6. The molecule has 1 heterocycles. The lowest BCUT2D eigenvalue weighted by atomic mass is 9.91. The van der Waals surface area contributed by atoms with Crippen molar-refractivity contribution in [3.8, 4) is 5.75 Å². The van der Waals surface area contributed by atoms with Gasteiger partial charge in [-0.1, -0.05) is 18.2 Å². The average molecular weight is 339 g/mol. The van der Waals surface area contributed by atoms with Crippen LogP contribution in [0.5, 0.6) is 5.75 Å². The maximum absolute atomic E-state index is 12.7. The second-order valence-electron chi connectivity index (χ2n) is 6.60. The maximum atomic E-state index is 12.7. The molecule has 23 heavy (non-hydrogen) atoms. The van der Waals surface area contributed by atoms with Gasteiger partial charge in [0.1, 0.15) is 5.75 Å². The largest absolute Gasteiger partial charge is 0.494 e. The summed E-state index contributed by atoms with van der Waals surface area (Å²) in [5, 5.41) is 3.39. The van der Waals surface area contributed by atoms with Crippen LogP contribution in [0.15, 0.2) is 24.3 Å². The molecule has 3 rings (SSSR count). The quantitative estimate of drug-likeness (QED) is 0.897. The lowest BCUT2D eigenvalue weighted by molar-refractivity contribution is -0.132. The first-order valence-electron chi connectivity index (χ1n) is 8.33. The molecule has 1 aromatic carbocycles. The SMILES string of the molecule is CCOc1ccccc1CN(C)C(=O)C1CC12CCNCC2.Cl. The van der Waals surface area contributed by atoms with E-state index in [2.05, 4.69) is 5.32 Å². The van der Waals surface area contributed by atoms with Gasteiger partial charge >= 0.3 is 0 Å². The number of rotatable bonds is 5. The van der Waals surface area contributed by atoms with Gasteiger partial charge in [0, 0.05) is 25.1 Å². The fraction of sp³-hybridized carbons (Fsp3) is 0.611. The van der Waals surface area contributed by atoms with Crippen LogP contribution in [-0.2, 0) is 11.3 Å². The number of hydrogen-bond acceptors (Lipinski definition) is 3. The van der Waals surface area contributed by atoms with Crippen molar-refractivity contribution in [2.75, 3.05) is 26.7 Å². The number of amides is 1. The van der Waals surface area contributed by atoms with Crippen molar-refractivity contribution in [2.24, 2.45) is 11.3 Å². The molecular weight excluding hydrogens is 312 g/mol. The van der Waals surface area contributed by atoms with Gasteiger partial charge in [-0.2, -0.15) is 0 Å². The Morgan fingerprint density at radius 2 is 2.04 bits per heavy atom. The van der Waals surface area contributed by atoms with Crippen LogP contribution in [0.25, 0.3) is 0 Å². The van der Waals surface area contributed by atoms with E-state index in [0.717, 1.165) is 43.7 Å². The highest BCUT2D eigenvalue weighted by atomic mass is 35.5. The summed E-state index contributed by atoms with van der Waals surface area (Å²) in [6, 6.07) is 7.99. The predicted molar refractivity (Wildman–Crippen MR) is 94.0 cm³/mol. The predicted octanol–water partition coefficient (Wildman–Crippen LogP) is 2.86. The number of para-hydroxylation sites is 1. The molecule has 1 atom stereocenters. The number of piperidine rings is 1. The number of nitrogens with one attached hydrogen (secondary N) is 1. The van der Waals surface area contributed by atoms with Gasteiger partial charge in [0.2, 0.25) is 5.91 Å². The Balaban J connectivity index is 0.00000192. The molecule has 1 saturated heterocycles. The monoisotopic (exact) mass is 338 g/mol. The molecule has 0 bridgehead atoms. The van der Waals surface area contributed by atoms with E-state index in [1.807, 2.05) is 43.1 Å². The van der Waals surface area contributed by atoms with Crippen molar-refractivity contribution in [3.05, 3.63) is 29.8 Å². The third-order valence-corrected chi connectivity index (χ3v) is 5.14. The zero-order chi connectivity index (χ0) is 15.6. The van der Waals surface area contributed by atoms with E-state index in [1.165, 1.54) is 0 Å². The molecular formula is C18H27ClN2O2. The molecule has 2 aliphatic rings. The van der Waals surface area contributed by atoms with E-state index in [-0.39, 0.29) is 18.3 Å². The first kappa shape index (κ1) is 18.1. The summed E-state index contributed by atoms with van der Waals surface area (Å²) >= 11 is 0. The van der Waals surface area contributed by atoms with Crippen molar-refractivity contribution in [2.45, 2.75) is 32.7 Å². The molecule has 1 unspecified atom stereocenters. The molecule has 1 saturated carbocycles. The van der Waals surface area contributed by atoms with Crippen LogP contribution in [0.3, 0.4) is 0 Å². The summed E-state index contributed by atoms with van der Waals surface area (Å²) < 4.78 is 5.66. The fourth-order valence-corrected chi connectivity index (χ4v) is 3.70. The lowest BCUT2D eigenvalue weighted by Crippen LogP contribution is -2.34. The standard InChI is InChI=1S/C18H26N2O2.ClH/c1-3-22-16-7-5-4-6-14(16)13-20(2)17(21)15-12-18(15)8-10-19-11-9-18;/h4-7,15,19H,3,8-13H2,1-2H3;1H. The van der Waals surface area contributed by atoms with Crippen molar-refractivity contribution in [1.82, 2.24) is 10.2 Å². The molecule has 1 aromatic rings. The smallest absolute Gasteiger partial charge is 0.226 e. The van der Waals surface area contributed by atoms with Gasteiger partial charge in [0.15, 0.2) is 0 Å². The topological polar surface area (TPSA) is 41.6 Å². The second kappa shape index (κ2) is 7.54. The molecule has 5 heteroatoms. The molecule has 2 fully saturated rings. The lowest BCUT2D eigenvalue weighted by Gasteiger charge is -2.25. The van der Waals surface area contributed by atoms with Crippen LogP contribution in [0.4, 0.5) is 0 Å². The molecule has 0 radical (unpaired) electrons. The minimum atomic E-state index is 0. The molecule has 128 valence electrons. The van der Waals surface area contributed by atoms with Gasteiger partial charge in [0.05, 0.1) is 6.61 Å². The summed E-state index contributed by atoms with van der Waals surface area (Å²) in [5.41, 5.74) is 1.39. The van der Waals surface area contributed by atoms with Crippen LogP contribution in [-0.4, -0.2) is 37.6 Å². The van der Waals surface area contributed by atoms with E-state index in [9.17, 15) is 4.79 Å². The molecule has 1 N–H and O–H groups in total. The highest BCUT2D eigenvalue weighted by Crippen LogP contribution is 2.59. The Labute approximate surface area is 145 Å². The summed E-state index contributed by atoms with van der Waals surface area (Å²) in [6.07, 6.45) is 3.37. The third-order valence-electron chi connectivity index (χ3n) is 5.14. The van der Waals surface area contributed by atoms with Gasteiger partial charge < -0.3 is 15.0 Å². The Hall–Kier alpha value is -1.26. The Morgan fingerprint density at radius 3 is 2.74 bits per heavy atom. The second-order valence-corrected chi connectivity index (χ2v) is 6.60. The fourth-order valence-electron chi connectivity index (χ4n) is 3.70. The van der Waals surface area contributed by atoms with Gasteiger partial charge in [-0.15, -0.1) is 12.4 Å². The Kier molecular flexibility index (Phi) is 5.93. The van der Waals surface area contributed by atoms with E-state index in [4.69, 9.17) is 4.74 Å². The van der Waals surface area contributed by atoms with E-state index in [1.54, 1.807) is 0 Å². The van der Waals surface area contributed by atoms with Crippen LogP contribution in [0, 0.1) is 11.3 Å². The summed E-state index contributed by atoms with van der Waals surface area (Å²) in [6.45, 7) is 5.37. The Bertz CT molecular complexity index is 544. The van der Waals surface area contributed by atoms with Crippen LogP contribution in [0.1, 0.15) is 31.7 Å². The van der Waals surface area contributed by atoms with Gasteiger partial charge in [-0.05, 0) is 50.8 Å². The highest BCUT2D eigenvalue weighted by Gasteiger charge is 2.58. The number of halogens is 1. The number of carbonyl (C=O) groups is 1. The van der Waals surface area contributed by atoms with Crippen LogP contribution < -0.4 is 10.1 Å². The molecule has 1 amide bonds. The number of benzene rings is 1. The summed E-state index contributed by atoms with van der Waals surface area (Å²) in [7, 11) is 1.91. The minimum absolute atomic E-state index is 0. The zero-order valence-electron chi connectivity index (χ0n) is 14.0. The van der Waals surface area contributed by atoms with E-state index < -0.39 is 0 Å². The molecule has 0 aromatic heterocycles. The van der Waals surface area contributed by atoms with E-state index >= 15 is 0 Å². The number of hydrogen-bond donors (Lipinski definition) is 1. The number of carbonyl (C=O) groups excluding carboxylic acids is 1. The zero-order valence-corrected chi connectivity index (χ0v) is 14.8. The van der Waals surface area contributed by atoms with Crippen LogP contribution >= 0.6 is 12.4 Å². The van der Waals surface area contributed by atoms with Crippen LogP contribution in [0.2, 0.25) is 0 Å². The first-order valence-corrected chi connectivity index (χ1v) is 8.33. The van der Waals surface area contributed by atoms with Gasteiger partial charge in [-0.3, -0.25) is 4.79 Å². The first-order chi connectivity index (χ1) is 10.7. The van der Waals surface area contributed by atoms with Gasteiger partial charge in [0.25, 0.3) is 0 Å². The van der Waals surface area contributed by atoms with Crippen molar-refractivity contribution >= 4 is 18.3 Å². The average Bonchev–Trinajstić information content (AvgIpc) is 3.22. The highest BCUT2D eigenvalue weighted by molar-refractivity contribution is 5.85. The molecule has 1 spiro atoms. The molecule has 1 aliphatic carbocycles. The number of ether oxygens (including phenoxy) is 1. The molecule has 4 nitrogen and oxygen atoms in total. The molecule has 1 aliphatic heterocycles. The van der Waals surface area contributed by atoms with Crippen molar-refractivity contribution in [1.29, 1.82) is 0 Å². The summed E-state index contributed by atoms with van der Waals surface area (Å²) in [5.74, 6) is 1.42. The van der Waals surface area contributed by atoms with E-state index in [0.29, 0.717) is 24.5 Å². The normalized spacial score (nSPS) is 21.4. The number of nitrogens with zero attached hydrogens (tertiary/aromatic N) is 1. The third kappa shape index (κ3) is 3.81. The van der Waals surface area contributed by atoms with Crippen molar-refractivity contribution in [3.63, 3.8) is 0 Å². The van der Waals surface area contributed by atoms with Crippen molar-refractivity contribution < 1.29 is 9.53 Å².